The van der Waals surface area contributed by atoms with E-state index >= 15 is 0 Å². The molecule has 17 heavy (non-hydrogen) atoms. The molecule has 0 aromatic rings. The highest BCUT2D eigenvalue weighted by atomic mass is 35.5. The van der Waals surface area contributed by atoms with E-state index in [1.165, 1.54) is 25.6 Å². The number of halogens is 1. The summed E-state index contributed by atoms with van der Waals surface area (Å²) in [5.74, 6) is 0.435. The first-order valence-electron chi connectivity index (χ1n) is 5.26. The van der Waals surface area contributed by atoms with Gasteiger partial charge < -0.3 is 9.47 Å². The lowest BCUT2D eigenvalue weighted by Crippen LogP contribution is -2.43. The first-order valence-corrected chi connectivity index (χ1v) is 7.24. The minimum atomic E-state index is -3.47. The Hall–Kier alpha value is 0.0800. The molecule has 0 spiro atoms. The molecule has 1 atom stereocenters. The Labute approximate surface area is 108 Å². The second kappa shape index (κ2) is 9.07. The van der Waals surface area contributed by atoms with Crippen LogP contribution in [0.1, 0.15) is 6.42 Å². The second-order valence-electron chi connectivity index (χ2n) is 3.53. The Bertz CT molecular complexity index is 287. The van der Waals surface area contributed by atoms with Crippen LogP contribution in [0.15, 0.2) is 0 Å². The SMILES string of the molecule is COCC(CNS(=O)(=O)N(C)CCCCl)OC. The van der Waals surface area contributed by atoms with Crippen molar-refractivity contribution in [2.45, 2.75) is 12.5 Å². The molecule has 0 aliphatic carbocycles. The number of alkyl halides is 1. The largest absolute Gasteiger partial charge is 0.382 e. The lowest BCUT2D eigenvalue weighted by molar-refractivity contribution is 0.0318. The highest BCUT2D eigenvalue weighted by Gasteiger charge is 2.18. The van der Waals surface area contributed by atoms with E-state index in [0.717, 1.165) is 0 Å². The Balaban J connectivity index is 4.15. The Kier molecular flexibility index (Phi) is 9.11. The smallest absolute Gasteiger partial charge is 0.279 e. The molecule has 0 aliphatic heterocycles. The molecular formula is C9H21ClN2O4S. The number of hydrogen-bond donors (Lipinski definition) is 1. The van der Waals surface area contributed by atoms with Gasteiger partial charge in [0.25, 0.3) is 10.2 Å². The van der Waals surface area contributed by atoms with Gasteiger partial charge in [0.05, 0.1) is 12.7 Å². The summed E-state index contributed by atoms with van der Waals surface area (Å²) in [4.78, 5) is 0. The maximum absolute atomic E-state index is 11.7. The third-order valence-corrected chi connectivity index (χ3v) is 4.00. The topological polar surface area (TPSA) is 67.9 Å². The average molecular weight is 289 g/mol. The Morgan fingerprint density at radius 1 is 1.41 bits per heavy atom. The molecule has 0 radical (unpaired) electrons. The van der Waals surface area contributed by atoms with Gasteiger partial charge in [0, 0.05) is 40.2 Å². The maximum Gasteiger partial charge on any atom is 0.279 e. The number of ether oxygens (including phenoxy) is 2. The summed E-state index contributed by atoms with van der Waals surface area (Å²) in [5.41, 5.74) is 0. The van der Waals surface area contributed by atoms with Gasteiger partial charge in [-0.25, -0.2) is 0 Å². The summed E-state index contributed by atoms with van der Waals surface area (Å²) in [5, 5.41) is 0. The van der Waals surface area contributed by atoms with E-state index in [0.29, 0.717) is 25.5 Å². The molecular weight excluding hydrogens is 268 g/mol. The van der Waals surface area contributed by atoms with Crippen LogP contribution in [0, 0.1) is 0 Å². The van der Waals surface area contributed by atoms with Crippen molar-refractivity contribution in [3.63, 3.8) is 0 Å². The van der Waals surface area contributed by atoms with Crippen molar-refractivity contribution >= 4 is 21.8 Å². The van der Waals surface area contributed by atoms with E-state index in [4.69, 9.17) is 21.1 Å². The van der Waals surface area contributed by atoms with Crippen LogP contribution in [0.4, 0.5) is 0 Å². The van der Waals surface area contributed by atoms with Crippen molar-refractivity contribution in [1.29, 1.82) is 0 Å². The zero-order chi connectivity index (χ0) is 13.3. The lowest BCUT2D eigenvalue weighted by atomic mass is 10.4. The molecule has 0 amide bonds. The number of rotatable bonds is 10. The molecule has 1 unspecified atom stereocenters. The molecule has 0 aromatic carbocycles. The van der Waals surface area contributed by atoms with E-state index in [9.17, 15) is 8.42 Å². The summed E-state index contributed by atoms with van der Waals surface area (Å²) in [6.07, 6.45) is 0.321. The number of nitrogens with zero attached hydrogens (tertiary/aromatic N) is 1. The highest BCUT2D eigenvalue weighted by molar-refractivity contribution is 7.87. The van der Waals surface area contributed by atoms with E-state index in [1.54, 1.807) is 0 Å². The lowest BCUT2D eigenvalue weighted by Gasteiger charge is -2.20. The molecule has 1 N–H and O–H groups in total. The molecule has 104 valence electrons. The summed E-state index contributed by atoms with van der Waals surface area (Å²) in [6, 6.07) is 0. The second-order valence-corrected chi connectivity index (χ2v) is 5.77. The van der Waals surface area contributed by atoms with Crippen molar-refractivity contribution in [2.75, 3.05) is 46.8 Å². The molecule has 6 nitrogen and oxygen atoms in total. The van der Waals surface area contributed by atoms with Gasteiger partial charge in [-0.1, -0.05) is 0 Å². The van der Waals surface area contributed by atoms with Crippen molar-refractivity contribution in [3.8, 4) is 0 Å². The summed E-state index contributed by atoms with van der Waals surface area (Å²) in [7, 11) is 1.08. The molecule has 0 rings (SSSR count). The number of hydrogen-bond acceptors (Lipinski definition) is 4. The molecule has 0 aromatic heterocycles. The minimum absolute atomic E-state index is 0.178. The molecule has 8 heteroatoms. The molecule has 0 saturated heterocycles. The monoisotopic (exact) mass is 288 g/mol. The van der Waals surface area contributed by atoms with Crippen LogP contribution >= 0.6 is 11.6 Å². The molecule has 0 aliphatic rings. The molecule has 0 heterocycles. The first-order chi connectivity index (χ1) is 7.97. The van der Waals surface area contributed by atoms with Gasteiger partial charge in [0.1, 0.15) is 0 Å². The van der Waals surface area contributed by atoms with Crippen molar-refractivity contribution in [2.24, 2.45) is 0 Å². The average Bonchev–Trinajstić information content (AvgIpc) is 2.31. The Morgan fingerprint density at radius 3 is 2.53 bits per heavy atom. The van der Waals surface area contributed by atoms with Crippen LogP contribution in [0.3, 0.4) is 0 Å². The third kappa shape index (κ3) is 7.17. The number of nitrogens with one attached hydrogen (secondary N) is 1. The summed E-state index contributed by atoms with van der Waals surface area (Å²) >= 11 is 5.51. The van der Waals surface area contributed by atoms with Crippen LogP contribution in [-0.4, -0.2) is 65.7 Å². The van der Waals surface area contributed by atoms with E-state index < -0.39 is 10.2 Å². The fraction of sp³-hybridized carbons (Fsp3) is 1.00. The highest BCUT2D eigenvalue weighted by Crippen LogP contribution is 1.98. The van der Waals surface area contributed by atoms with Crippen LogP contribution in [0.5, 0.6) is 0 Å². The van der Waals surface area contributed by atoms with Crippen LogP contribution in [-0.2, 0) is 19.7 Å². The van der Waals surface area contributed by atoms with Gasteiger partial charge >= 0.3 is 0 Å². The maximum atomic E-state index is 11.7. The van der Waals surface area contributed by atoms with Crippen LogP contribution in [0.2, 0.25) is 0 Å². The fourth-order valence-corrected chi connectivity index (χ4v) is 2.21. The Morgan fingerprint density at radius 2 is 2.06 bits per heavy atom. The molecule has 0 bridgehead atoms. The quantitative estimate of drug-likeness (QED) is 0.577. The van der Waals surface area contributed by atoms with Crippen LogP contribution in [0.25, 0.3) is 0 Å². The first kappa shape index (κ1) is 17.1. The van der Waals surface area contributed by atoms with Crippen molar-refractivity contribution in [3.05, 3.63) is 0 Å². The van der Waals surface area contributed by atoms with Crippen molar-refractivity contribution < 1.29 is 17.9 Å². The molecule has 0 fully saturated rings. The van der Waals surface area contributed by atoms with Gasteiger partial charge in [-0.3, -0.25) is 0 Å². The normalized spacial score (nSPS) is 14.2. The van der Waals surface area contributed by atoms with Crippen molar-refractivity contribution in [1.82, 2.24) is 9.03 Å². The van der Waals surface area contributed by atoms with E-state index in [-0.39, 0.29) is 12.6 Å². The third-order valence-electron chi connectivity index (χ3n) is 2.20. The predicted octanol–water partition coefficient (Wildman–Crippen LogP) is 0.0429. The minimum Gasteiger partial charge on any atom is -0.382 e. The summed E-state index contributed by atoms with van der Waals surface area (Å²) < 4.78 is 37.1. The zero-order valence-corrected chi connectivity index (χ0v) is 12.1. The van der Waals surface area contributed by atoms with Gasteiger partial charge in [0.15, 0.2) is 0 Å². The van der Waals surface area contributed by atoms with Gasteiger partial charge in [-0.05, 0) is 6.42 Å². The van der Waals surface area contributed by atoms with E-state index in [1.807, 2.05) is 0 Å². The predicted molar refractivity (Wildman–Crippen MR) is 67.6 cm³/mol. The van der Waals surface area contributed by atoms with E-state index in [2.05, 4.69) is 4.72 Å². The summed E-state index contributed by atoms with van der Waals surface area (Å²) in [6.45, 7) is 0.906. The number of methoxy groups -OCH3 is 2. The zero-order valence-electron chi connectivity index (χ0n) is 10.5. The van der Waals surface area contributed by atoms with Gasteiger partial charge in [-0.2, -0.15) is 17.4 Å². The fourth-order valence-electron chi connectivity index (χ4n) is 1.11. The van der Waals surface area contributed by atoms with Gasteiger partial charge in [-0.15, -0.1) is 11.6 Å². The standard InChI is InChI=1S/C9H21ClN2O4S/c1-12(6-4-5-10)17(13,14)11-7-9(16-3)8-15-2/h9,11H,4-8H2,1-3H3. The van der Waals surface area contributed by atoms with Gasteiger partial charge in [0.2, 0.25) is 0 Å². The molecule has 0 saturated carbocycles. The van der Waals surface area contributed by atoms with Crippen LogP contribution < -0.4 is 4.72 Å².